The van der Waals surface area contributed by atoms with Gasteiger partial charge in [-0.05, 0) is 25.0 Å². The van der Waals surface area contributed by atoms with Gasteiger partial charge in [-0.3, -0.25) is 9.59 Å². The molecule has 0 amide bonds. The van der Waals surface area contributed by atoms with Crippen molar-refractivity contribution in [3.05, 3.63) is 35.9 Å². The molecule has 0 fully saturated rings. The molecule has 1 aromatic carbocycles. The van der Waals surface area contributed by atoms with Crippen molar-refractivity contribution in [1.82, 2.24) is 0 Å². The third-order valence-electron chi connectivity index (χ3n) is 2.54. The van der Waals surface area contributed by atoms with Gasteiger partial charge in [0, 0.05) is 17.5 Å². The van der Waals surface area contributed by atoms with Crippen LogP contribution in [-0.2, 0) is 11.2 Å². The van der Waals surface area contributed by atoms with E-state index in [-0.39, 0.29) is 5.97 Å². The van der Waals surface area contributed by atoms with E-state index in [1.54, 1.807) is 18.2 Å². The summed E-state index contributed by atoms with van der Waals surface area (Å²) >= 11 is 0. The van der Waals surface area contributed by atoms with Gasteiger partial charge in [-0.15, -0.1) is 6.58 Å². The number of allylic oxidation sites excluding steroid dienone is 1. The molecule has 4 heteroatoms. The number of carbonyl (C=O) groups is 2. The second-order valence-electron chi connectivity index (χ2n) is 4.05. The molecule has 0 N–H and O–H groups in total. The summed E-state index contributed by atoms with van der Waals surface area (Å²) in [6, 6.07) is 3.22. The molecule has 0 unspecified atom stereocenters. The van der Waals surface area contributed by atoms with Gasteiger partial charge in [-0.1, -0.05) is 13.0 Å². The molecule has 0 aliphatic rings. The first-order valence-corrected chi connectivity index (χ1v) is 6.13. The molecule has 0 aliphatic carbocycles. The zero-order chi connectivity index (χ0) is 14.3. The zero-order valence-electron chi connectivity index (χ0n) is 11.3. The number of benzene rings is 1. The van der Waals surface area contributed by atoms with Crippen LogP contribution < -0.4 is 9.47 Å². The molecule has 0 saturated heterocycles. The smallest absolute Gasteiger partial charge is 0.311 e. The maximum atomic E-state index is 11.6. The van der Waals surface area contributed by atoms with Gasteiger partial charge in [0.05, 0.1) is 7.11 Å². The van der Waals surface area contributed by atoms with Gasteiger partial charge in [0.15, 0.2) is 11.5 Å². The molecule has 0 saturated carbocycles. The largest absolute Gasteiger partial charge is 0.493 e. The maximum Gasteiger partial charge on any atom is 0.311 e. The highest BCUT2D eigenvalue weighted by atomic mass is 16.6. The van der Waals surface area contributed by atoms with E-state index in [4.69, 9.17) is 9.47 Å². The van der Waals surface area contributed by atoms with Crippen molar-refractivity contribution < 1.29 is 19.1 Å². The Balaban J connectivity index is 3.20. The number of hydrogen-bond acceptors (Lipinski definition) is 4. The Kier molecular flexibility index (Phi) is 5.79. The van der Waals surface area contributed by atoms with Gasteiger partial charge < -0.3 is 9.47 Å². The predicted octanol–water partition coefficient (Wildman–Crippen LogP) is 2.94. The van der Waals surface area contributed by atoms with E-state index >= 15 is 0 Å². The van der Waals surface area contributed by atoms with Crippen LogP contribution in [0.25, 0.3) is 0 Å². The van der Waals surface area contributed by atoms with E-state index in [1.807, 2.05) is 6.92 Å². The molecule has 0 radical (unpaired) electrons. The first kappa shape index (κ1) is 15.0. The van der Waals surface area contributed by atoms with Crippen molar-refractivity contribution in [2.75, 3.05) is 7.11 Å². The Morgan fingerprint density at radius 3 is 2.68 bits per heavy atom. The fraction of sp³-hybridized carbons (Fsp3) is 0.333. The molecule has 1 rings (SSSR count). The number of carbonyl (C=O) groups excluding carboxylic acids is 2. The third-order valence-corrected chi connectivity index (χ3v) is 2.54. The normalized spacial score (nSPS) is 9.79. The van der Waals surface area contributed by atoms with Crippen LogP contribution in [0.3, 0.4) is 0 Å². The lowest BCUT2D eigenvalue weighted by Gasteiger charge is -2.13. The van der Waals surface area contributed by atoms with Crippen molar-refractivity contribution in [2.45, 2.75) is 26.2 Å². The average Bonchev–Trinajstić information content (AvgIpc) is 2.41. The summed E-state index contributed by atoms with van der Waals surface area (Å²) in [5, 5.41) is 0. The molecule has 0 bridgehead atoms. The van der Waals surface area contributed by atoms with Gasteiger partial charge in [-0.25, -0.2) is 0 Å². The highest BCUT2D eigenvalue weighted by molar-refractivity contribution is 5.79. The summed E-state index contributed by atoms with van der Waals surface area (Å²) < 4.78 is 10.5. The lowest BCUT2D eigenvalue weighted by molar-refractivity contribution is -0.134. The Morgan fingerprint density at radius 2 is 2.16 bits per heavy atom. The van der Waals surface area contributed by atoms with Crippen molar-refractivity contribution in [3.63, 3.8) is 0 Å². The zero-order valence-corrected chi connectivity index (χ0v) is 11.3. The van der Waals surface area contributed by atoms with Crippen molar-refractivity contribution in [2.24, 2.45) is 0 Å². The first-order chi connectivity index (χ1) is 9.15. The molecule has 0 spiro atoms. The van der Waals surface area contributed by atoms with Crippen LogP contribution in [0.5, 0.6) is 11.5 Å². The number of aldehydes is 1. The predicted molar refractivity (Wildman–Crippen MR) is 72.8 cm³/mol. The molecule has 4 nitrogen and oxygen atoms in total. The van der Waals surface area contributed by atoms with E-state index in [2.05, 4.69) is 6.58 Å². The lowest BCUT2D eigenvalue weighted by atomic mass is 10.1. The van der Waals surface area contributed by atoms with E-state index < -0.39 is 0 Å². The quantitative estimate of drug-likeness (QED) is 0.328. The van der Waals surface area contributed by atoms with Crippen LogP contribution in [0, 0.1) is 0 Å². The molecule has 0 heterocycles. The van der Waals surface area contributed by atoms with Gasteiger partial charge >= 0.3 is 5.97 Å². The number of methoxy groups -OCH3 is 1. The first-order valence-electron chi connectivity index (χ1n) is 6.13. The monoisotopic (exact) mass is 262 g/mol. The highest BCUT2D eigenvalue weighted by Gasteiger charge is 2.15. The second-order valence-corrected chi connectivity index (χ2v) is 4.05. The van der Waals surface area contributed by atoms with Gasteiger partial charge in [0.2, 0.25) is 0 Å². The van der Waals surface area contributed by atoms with Gasteiger partial charge in [-0.2, -0.15) is 0 Å². The molecule has 1 aromatic rings. The SMILES string of the molecule is C=CCc1cc(C=O)cc(OC)c1OC(=O)CCC. The average molecular weight is 262 g/mol. The summed E-state index contributed by atoms with van der Waals surface area (Å²) in [7, 11) is 1.47. The molecule has 19 heavy (non-hydrogen) atoms. The minimum atomic E-state index is -0.315. The van der Waals surface area contributed by atoms with Crippen LogP contribution in [0.2, 0.25) is 0 Å². The lowest BCUT2D eigenvalue weighted by Crippen LogP contribution is -2.10. The maximum absolute atomic E-state index is 11.6. The fourth-order valence-corrected chi connectivity index (χ4v) is 1.70. The van der Waals surface area contributed by atoms with Crippen LogP contribution in [0.15, 0.2) is 24.8 Å². The van der Waals surface area contributed by atoms with Crippen molar-refractivity contribution >= 4 is 12.3 Å². The van der Waals surface area contributed by atoms with E-state index in [0.717, 1.165) is 6.29 Å². The Labute approximate surface area is 113 Å². The highest BCUT2D eigenvalue weighted by Crippen LogP contribution is 2.33. The molecule has 0 atom stereocenters. The Hall–Kier alpha value is -2.10. The van der Waals surface area contributed by atoms with Crippen LogP contribution in [-0.4, -0.2) is 19.4 Å². The minimum Gasteiger partial charge on any atom is -0.493 e. The standard InChI is InChI=1S/C15H18O4/c1-4-6-12-8-11(10-16)9-13(18-3)15(12)19-14(17)7-5-2/h4,8-10H,1,5-7H2,2-3H3. The van der Waals surface area contributed by atoms with Gasteiger partial charge in [0.1, 0.15) is 6.29 Å². The summed E-state index contributed by atoms with van der Waals surface area (Å²) in [4.78, 5) is 22.5. The molecule has 0 aromatic heterocycles. The van der Waals surface area contributed by atoms with Crippen molar-refractivity contribution in [3.8, 4) is 11.5 Å². The topological polar surface area (TPSA) is 52.6 Å². The summed E-state index contributed by atoms with van der Waals surface area (Å²) in [5.41, 5.74) is 1.19. The van der Waals surface area contributed by atoms with E-state index in [9.17, 15) is 9.59 Å². The van der Waals surface area contributed by atoms with Crippen molar-refractivity contribution in [1.29, 1.82) is 0 Å². The summed E-state index contributed by atoms with van der Waals surface area (Å²) in [6.45, 7) is 5.56. The summed E-state index contributed by atoms with van der Waals surface area (Å²) in [5.74, 6) is 0.433. The number of hydrogen-bond donors (Lipinski definition) is 0. The number of esters is 1. The Morgan fingerprint density at radius 1 is 1.42 bits per heavy atom. The van der Waals surface area contributed by atoms with E-state index in [1.165, 1.54) is 7.11 Å². The fourth-order valence-electron chi connectivity index (χ4n) is 1.70. The van der Waals surface area contributed by atoms with Crippen LogP contribution >= 0.6 is 0 Å². The third kappa shape index (κ3) is 3.95. The van der Waals surface area contributed by atoms with E-state index in [0.29, 0.717) is 41.9 Å². The molecule has 0 aliphatic heterocycles. The number of ether oxygens (including phenoxy) is 2. The Bertz CT molecular complexity index is 477. The molecular formula is C15H18O4. The van der Waals surface area contributed by atoms with Crippen LogP contribution in [0.1, 0.15) is 35.7 Å². The minimum absolute atomic E-state index is 0.315. The number of rotatable bonds is 7. The van der Waals surface area contributed by atoms with Crippen LogP contribution in [0.4, 0.5) is 0 Å². The molecular weight excluding hydrogens is 244 g/mol. The second kappa shape index (κ2) is 7.36. The van der Waals surface area contributed by atoms with Gasteiger partial charge in [0.25, 0.3) is 0 Å². The molecule has 102 valence electrons. The summed E-state index contributed by atoms with van der Waals surface area (Å²) in [6.07, 6.45) is 3.95.